The maximum Gasteiger partial charge on any atom is 0.0587 e. The van der Waals surface area contributed by atoms with Crippen molar-refractivity contribution >= 4 is 0 Å². The van der Waals surface area contributed by atoms with Crippen LogP contribution in [0, 0.1) is 0 Å². The van der Waals surface area contributed by atoms with E-state index in [2.05, 4.69) is 17.6 Å². The van der Waals surface area contributed by atoms with Gasteiger partial charge in [-0.05, 0) is 26.4 Å². The Morgan fingerprint density at radius 3 is 2.58 bits per heavy atom. The van der Waals surface area contributed by atoms with Crippen molar-refractivity contribution in [2.75, 3.05) is 33.9 Å². The summed E-state index contributed by atoms with van der Waals surface area (Å²) >= 11 is 0. The highest BCUT2D eigenvalue weighted by molar-refractivity contribution is 4.63. The zero-order valence-electron chi connectivity index (χ0n) is 8.52. The molecule has 0 aliphatic heterocycles. The van der Waals surface area contributed by atoms with Gasteiger partial charge in [-0.3, -0.25) is 0 Å². The molecule has 0 saturated carbocycles. The quantitative estimate of drug-likeness (QED) is 0.529. The average molecular weight is 174 g/mol. The summed E-state index contributed by atoms with van der Waals surface area (Å²) in [7, 11) is 3.74. The first-order valence-corrected chi connectivity index (χ1v) is 4.72. The summed E-state index contributed by atoms with van der Waals surface area (Å²) in [5.74, 6) is 0. The molecule has 12 heavy (non-hydrogen) atoms. The van der Waals surface area contributed by atoms with E-state index in [-0.39, 0.29) is 0 Å². The zero-order chi connectivity index (χ0) is 9.23. The predicted octanol–water partition coefficient (Wildman–Crippen LogP) is 0.611. The van der Waals surface area contributed by atoms with Crippen LogP contribution in [0.4, 0.5) is 0 Å². The Morgan fingerprint density at radius 1 is 1.33 bits per heavy atom. The first-order valence-electron chi connectivity index (χ1n) is 4.72. The molecule has 0 aromatic carbocycles. The van der Waals surface area contributed by atoms with Gasteiger partial charge in [-0.1, -0.05) is 6.92 Å². The lowest BCUT2D eigenvalue weighted by Crippen LogP contribution is -2.30. The molecule has 0 amide bonds. The fraction of sp³-hybridized carbons (Fsp3) is 1.00. The molecule has 2 N–H and O–H groups in total. The van der Waals surface area contributed by atoms with E-state index in [1.807, 2.05) is 7.05 Å². The second kappa shape index (κ2) is 8.97. The molecule has 0 heterocycles. The van der Waals surface area contributed by atoms with Gasteiger partial charge in [0.1, 0.15) is 0 Å². The monoisotopic (exact) mass is 174 g/mol. The average Bonchev–Trinajstić information content (AvgIpc) is 2.11. The number of hydrogen-bond acceptors (Lipinski definition) is 3. The second-order valence-electron chi connectivity index (χ2n) is 2.93. The van der Waals surface area contributed by atoms with Crippen molar-refractivity contribution in [3.05, 3.63) is 0 Å². The lowest BCUT2D eigenvalue weighted by atomic mass is 10.1. The molecule has 0 aliphatic carbocycles. The minimum absolute atomic E-state index is 0.653. The van der Waals surface area contributed by atoms with E-state index in [4.69, 9.17) is 4.74 Å². The summed E-state index contributed by atoms with van der Waals surface area (Å²) in [4.78, 5) is 0. The zero-order valence-corrected chi connectivity index (χ0v) is 8.52. The SMILES string of the molecule is CCC(CCNCCOC)NC. The summed E-state index contributed by atoms with van der Waals surface area (Å²) in [5.41, 5.74) is 0. The van der Waals surface area contributed by atoms with E-state index >= 15 is 0 Å². The Balaban J connectivity index is 3.06. The lowest BCUT2D eigenvalue weighted by molar-refractivity contribution is 0.199. The molecule has 0 aliphatic rings. The molecular weight excluding hydrogens is 152 g/mol. The molecule has 0 radical (unpaired) electrons. The Bertz CT molecular complexity index is 84.6. The highest BCUT2D eigenvalue weighted by Crippen LogP contribution is 1.93. The third-order valence-electron chi connectivity index (χ3n) is 2.05. The van der Waals surface area contributed by atoms with Crippen molar-refractivity contribution in [3.8, 4) is 0 Å². The van der Waals surface area contributed by atoms with Gasteiger partial charge in [0.05, 0.1) is 6.61 Å². The van der Waals surface area contributed by atoms with Crippen molar-refractivity contribution in [2.24, 2.45) is 0 Å². The number of rotatable bonds is 8. The maximum atomic E-state index is 4.92. The van der Waals surface area contributed by atoms with E-state index in [1.165, 1.54) is 12.8 Å². The van der Waals surface area contributed by atoms with Crippen LogP contribution >= 0.6 is 0 Å². The summed E-state index contributed by atoms with van der Waals surface area (Å²) in [5, 5.41) is 6.59. The van der Waals surface area contributed by atoms with Gasteiger partial charge in [-0.25, -0.2) is 0 Å². The Morgan fingerprint density at radius 2 is 2.08 bits per heavy atom. The lowest BCUT2D eigenvalue weighted by Gasteiger charge is -2.13. The molecule has 0 fully saturated rings. The minimum atomic E-state index is 0.653. The predicted molar refractivity (Wildman–Crippen MR) is 52.5 cm³/mol. The molecule has 1 atom stereocenters. The van der Waals surface area contributed by atoms with Crippen molar-refractivity contribution in [1.82, 2.24) is 10.6 Å². The van der Waals surface area contributed by atoms with Crippen LogP contribution in [0.15, 0.2) is 0 Å². The highest BCUT2D eigenvalue weighted by atomic mass is 16.5. The number of nitrogens with one attached hydrogen (secondary N) is 2. The number of hydrogen-bond donors (Lipinski definition) is 2. The van der Waals surface area contributed by atoms with Crippen LogP contribution in [-0.4, -0.2) is 39.9 Å². The molecule has 3 nitrogen and oxygen atoms in total. The fourth-order valence-electron chi connectivity index (χ4n) is 1.13. The fourth-order valence-corrected chi connectivity index (χ4v) is 1.13. The van der Waals surface area contributed by atoms with Gasteiger partial charge in [-0.2, -0.15) is 0 Å². The first-order chi connectivity index (χ1) is 5.85. The maximum absolute atomic E-state index is 4.92. The van der Waals surface area contributed by atoms with Crippen LogP contribution in [0.25, 0.3) is 0 Å². The molecular formula is C9H22N2O. The molecule has 0 saturated heterocycles. The van der Waals surface area contributed by atoms with E-state index in [1.54, 1.807) is 7.11 Å². The second-order valence-corrected chi connectivity index (χ2v) is 2.93. The van der Waals surface area contributed by atoms with E-state index in [0.29, 0.717) is 6.04 Å². The summed E-state index contributed by atoms with van der Waals surface area (Å²) in [6, 6.07) is 0.653. The van der Waals surface area contributed by atoms with E-state index in [9.17, 15) is 0 Å². The molecule has 0 rings (SSSR count). The van der Waals surface area contributed by atoms with Gasteiger partial charge < -0.3 is 15.4 Å². The Labute approximate surface area is 75.9 Å². The molecule has 0 bridgehead atoms. The Hall–Kier alpha value is -0.120. The third kappa shape index (κ3) is 6.58. The van der Waals surface area contributed by atoms with Crippen molar-refractivity contribution in [1.29, 1.82) is 0 Å². The number of ether oxygens (including phenoxy) is 1. The molecule has 0 aromatic rings. The van der Waals surface area contributed by atoms with Crippen LogP contribution in [0.3, 0.4) is 0 Å². The van der Waals surface area contributed by atoms with Gasteiger partial charge in [-0.15, -0.1) is 0 Å². The van der Waals surface area contributed by atoms with Crippen LogP contribution in [-0.2, 0) is 4.74 Å². The van der Waals surface area contributed by atoms with Gasteiger partial charge in [0.2, 0.25) is 0 Å². The molecule has 0 aromatic heterocycles. The minimum Gasteiger partial charge on any atom is -0.383 e. The van der Waals surface area contributed by atoms with Crippen molar-refractivity contribution < 1.29 is 4.74 Å². The van der Waals surface area contributed by atoms with Gasteiger partial charge >= 0.3 is 0 Å². The van der Waals surface area contributed by atoms with Crippen LogP contribution in [0.5, 0.6) is 0 Å². The normalized spacial score (nSPS) is 13.2. The van der Waals surface area contributed by atoms with Gasteiger partial charge in [0, 0.05) is 19.7 Å². The topological polar surface area (TPSA) is 33.3 Å². The third-order valence-corrected chi connectivity index (χ3v) is 2.05. The van der Waals surface area contributed by atoms with E-state index < -0.39 is 0 Å². The van der Waals surface area contributed by atoms with Gasteiger partial charge in [0.15, 0.2) is 0 Å². The molecule has 1 unspecified atom stereocenters. The number of methoxy groups -OCH3 is 1. The first kappa shape index (κ1) is 11.9. The van der Waals surface area contributed by atoms with Crippen LogP contribution in [0.1, 0.15) is 19.8 Å². The van der Waals surface area contributed by atoms with Crippen molar-refractivity contribution in [3.63, 3.8) is 0 Å². The standard InChI is InChI=1S/C9H22N2O/c1-4-9(10-2)5-6-11-7-8-12-3/h9-11H,4-8H2,1-3H3. The van der Waals surface area contributed by atoms with Crippen LogP contribution < -0.4 is 10.6 Å². The highest BCUT2D eigenvalue weighted by Gasteiger charge is 2.00. The molecule has 3 heteroatoms. The molecule has 74 valence electrons. The molecule has 0 spiro atoms. The van der Waals surface area contributed by atoms with E-state index in [0.717, 1.165) is 19.7 Å². The summed E-state index contributed by atoms with van der Waals surface area (Å²) < 4.78 is 4.92. The van der Waals surface area contributed by atoms with Crippen LogP contribution in [0.2, 0.25) is 0 Å². The van der Waals surface area contributed by atoms with Crippen molar-refractivity contribution in [2.45, 2.75) is 25.8 Å². The van der Waals surface area contributed by atoms with Gasteiger partial charge in [0.25, 0.3) is 0 Å². The summed E-state index contributed by atoms with van der Waals surface area (Å²) in [6.07, 6.45) is 2.39. The smallest absolute Gasteiger partial charge is 0.0587 e. The Kier molecular flexibility index (Phi) is 8.88. The summed E-state index contributed by atoms with van der Waals surface area (Å²) in [6.45, 7) is 5.03. The largest absolute Gasteiger partial charge is 0.383 e.